The van der Waals surface area contributed by atoms with Crippen LogP contribution in [0.1, 0.15) is 24.7 Å². The van der Waals surface area contributed by atoms with Crippen LogP contribution in [-0.2, 0) is 10.0 Å². The molecule has 1 saturated heterocycles. The molecule has 0 N–H and O–H groups in total. The normalized spacial score (nSPS) is 18.9. The molecule has 1 unspecified atom stereocenters. The summed E-state index contributed by atoms with van der Waals surface area (Å²) in [5, 5.41) is 8.07. The van der Waals surface area contributed by atoms with Crippen molar-refractivity contribution < 1.29 is 12.8 Å². The predicted octanol–water partition coefficient (Wildman–Crippen LogP) is 3.05. The van der Waals surface area contributed by atoms with Gasteiger partial charge in [0.15, 0.2) is 11.5 Å². The van der Waals surface area contributed by atoms with Gasteiger partial charge in [-0.2, -0.15) is 4.31 Å². The molecule has 3 heterocycles. The molecule has 1 aliphatic heterocycles. The Bertz CT molecular complexity index is 1050. The number of sulfonamides is 1. The molecule has 6 nitrogen and oxygen atoms in total. The average Bonchev–Trinajstić information content (AvgIpc) is 3.23. The number of pyridine rings is 1. The van der Waals surface area contributed by atoms with Crippen LogP contribution in [-0.4, -0.2) is 33.9 Å². The van der Waals surface area contributed by atoms with Crippen LogP contribution in [0.15, 0.2) is 47.5 Å². The van der Waals surface area contributed by atoms with Crippen molar-refractivity contribution in [1.82, 2.24) is 18.9 Å². The molecule has 0 saturated carbocycles. The lowest BCUT2D eigenvalue weighted by atomic mass is 10.2. The van der Waals surface area contributed by atoms with E-state index in [1.807, 2.05) is 24.4 Å². The molecule has 0 radical (unpaired) electrons. The van der Waals surface area contributed by atoms with Gasteiger partial charge in [-0.1, -0.05) is 17.7 Å². The van der Waals surface area contributed by atoms with Crippen LogP contribution in [0.25, 0.3) is 5.65 Å². The Kier molecular flexibility index (Phi) is 3.98. The van der Waals surface area contributed by atoms with E-state index >= 15 is 0 Å². The molecule has 0 bridgehead atoms. The first-order valence-electron chi connectivity index (χ1n) is 7.75. The minimum Gasteiger partial charge on any atom is -0.285 e. The van der Waals surface area contributed by atoms with Gasteiger partial charge in [0.25, 0.3) is 0 Å². The van der Waals surface area contributed by atoms with E-state index < -0.39 is 21.9 Å². The second kappa shape index (κ2) is 6.05. The van der Waals surface area contributed by atoms with E-state index in [1.54, 1.807) is 4.40 Å². The van der Waals surface area contributed by atoms with Crippen molar-refractivity contribution in [3.05, 3.63) is 59.3 Å². The SMILES string of the molecule is O=S(=O)(c1ccc(F)c(Cl)c1)N1CCCC1c1nnc2ccccn12. The van der Waals surface area contributed by atoms with Crippen molar-refractivity contribution in [2.45, 2.75) is 23.8 Å². The van der Waals surface area contributed by atoms with Gasteiger partial charge >= 0.3 is 0 Å². The minimum absolute atomic E-state index is 0.0281. The molecule has 3 aromatic rings. The van der Waals surface area contributed by atoms with E-state index in [9.17, 15) is 12.8 Å². The van der Waals surface area contributed by atoms with E-state index in [-0.39, 0.29) is 9.92 Å². The number of rotatable bonds is 3. The number of aromatic nitrogens is 3. The number of hydrogen-bond donors (Lipinski definition) is 0. The Balaban J connectivity index is 1.77. The van der Waals surface area contributed by atoms with E-state index in [0.29, 0.717) is 30.9 Å². The summed E-state index contributed by atoms with van der Waals surface area (Å²) in [4.78, 5) is -0.0281. The number of nitrogens with zero attached hydrogens (tertiary/aromatic N) is 4. The minimum atomic E-state index is -3.82. The van der Waals surface area contributed by atoms with Gasteiger partial charge in [0.05, 0.1) is 16.0 Å². The molecule has 1 aliphatic rings. The fraction of sp³-hybridized carbons (Fsp3) is 0.250. The molecule has 1 atom stereocenters. The van der Waals surface area contributed by atoms with Crippen LogP contribution in [0.5, 0.6) is 0 Å². The third-order valence-corrected chi connectivity index (χ3v) is 6.53. The van der Waals surface area contributed by atoms with Crippen molar-refractivity contribution in [1.29, 1.82) is 0 Å². The number of halogens is 2. The number of fused-ring (bicyclic) bond motifs is 1. The molecular formula is C16H14ClFN4O2S. The zero-order chi connectivity index (χ0) is 17.6. The van der Waals surface area contributed by atoms with Gasteiger partial charge in [-0.25, -0.2) is 12.8 Å². The highest BCUT2D eigenvalue weighted by atomic mass is 35.5. The Morgan fingerprint density at radius 2 is 2.04 bits per heavy atom. The third kappa shape index (κ3) is 2.70. The lowest BCUT2D eigenvalue weighted by Crippen LogP contribution is -2.31. The fourth-order valence-corrected chi connectivity index (χ4v) is 5.07. The molecule has 1 aromatic carbocycles. The van der Waals surface area contributed by atoms with E-state index in [2.05, 4.69) is 10.2 Å². The highest BCUT2D eigenvalue weighted by Gasteiger charge is 2.38. The summed E-state index contributed by atoms with van der Waals surface area (Å²) in [6, 6.07) is 8.50. The number of benzene rings is 1. The topological polar surface area (TPSA) is 67.6 Å². The maximum absolute atomic E-state index is 13.4. The molecule has 2 aromatic heterocycles. The second-order valence-corrected chi connectivity index (χ2v) is 8.13. The summed E-state index contributed by atoms with van der Waals surface area (Å²) in [6.07, 6.45) is 3.16. The van der Waals surface area contributed by atoms with Crippen molar-refractivity contribution in [2.24, 2.45) is 0 Å². The van der Waals surface area contributed by atoms with Gasteiger partial charge < -0.3 is 0 Å². The smallest absolute Gasteiger partial charge is 0.243 e. The standard InChI is InChI=1S/C16H14ClFN4O2S/c17-12-10-11(6-7-13(12)18)25(23,24)22-9-3-4-14(22)16-20-19-15-5-1-2-8-21(15)16/h1-2,5-8,10,14H,3-4,9H2. The average molecular weight is 381 g/mol. The van der Waals surface area contributed by atoms with E-state index in [4.69, 9.17) is 11.6 Å². The summed E-state index contributed by atoms with van der Waals surface area (Å²) in [5.41, 5.74) is 0.659. The second-order valence-electron chi connectivity index (χ2n) is 5.84. The predicted molar refractivity (Wildman–Crippen MR) is 90.3 cm³/mol. The van der Waals surface area contributed by atoms with Crippen LogP contribution in [0.4, 0.5) is 4.39 Å². The maximum atomic E-state index is 13.4. The summed E-state index contributed by atoms with van der Waals surface area (Å²) in [5.74, 6) is -0.0769. The van der Waals surface area contributed by atoms with Crippen LogP contribution < -0.4 is 0 Å². The Morgan fingerprint density at radius 3 is 2.84 bits per heavy atom. The number of hydrogen-bond acceptors (Lipinski definition) is 4. The van der Waals surface area contributed by atoms with Crippen molar-refractivity contribution in [3.63, 3.8) is 0 Å². The van der Waals surface area contributed by atoms with Crippen molar-refractivity contribution in [2.75, 3.05) is 6.54 Å². The Labute approximate surface area is 148 Å². The van der Waals surface area contributed by atoms with Gasteiger partial charge in [0.2, 0.25) is 10.0 Å². The van der Waals surface area contributed by atoms with Gasteiger partial charge in [-0.3, -0.25) is 4.40 Å². The molecular weight excluding hydrogens is 367 g/mol. The summed E-state index contributed by atoms with van der Waals surface area (Å²) < 4.78 is 42.6. The first-order chi connectivity index (χ1) is 12.0. The van der Waals surface area contributed by atoms with Crippen molar-refractivity contribution >= 4 is 27.3 Å². The van der Waals surface area contributed by atoms with Gasteiger partial charge in [0, 0.05) is 12.7 Å². The quantitative estimate of drug-likeness (QED) is 0.700. The monoisotopic (exact) mass is 380 g/mol. The Hall–Kier alpha value is -2.03. The zero-order valence-electron chi connectivity index (χ0n) is 13.0. The summed E-state index contributed by atoms with van der Waals surface area (Å²) in [7, 11) is -3.82. The van der Waals surface area contributed by atoms with Crippen molar-refractivity contribution in [3.8, 4) is 0 Å². The molecule has 0 spiro atoms. The Morgan fingerprint density at radius 1 is 1.20 bits per heavy atom. The van der Waals surface area contributed by atoms with Gasteiger partial charge in [-0.05, 0) is 43.2 Å². The third-order valence-electron chi connectivity index (χ3n) is 4.34. The summed E-state index contributed by atoms with van der Waals surface area (Å²) in [6.45, 7) is 0.365. The zero-order valence-corrected chi connectivity index (χ0v) is 14.6. The van der Waals surface area contributed by atoms with Crippen LogP contribution in [0.3, 0.4) is 0 Å². The molecule has 9 heteroatoms. The molecule has 1 fully saturated rings. The maximum Gasteiger partial charge on any atom is 0.243 e. The largest absolute Gasteiger partial charge is 0.285 e. The van der Waals surface area contributed by atoms with Crippen LogP contribution >= 0.6 is 11.6 Å². The van der Waals surface area contributed by atoms with E-state index in [0.717, 1.165) is 12.1 Å². The summed E-state index contributed by atoms with van der Waals surface area (Å²) >= 11 is 5.76. The first-order valence-corrected chi connectivity index (χ1v) is 9.57. The molecule has 0 aliphatic carbocycles. The van der Waals surface area contributed by atoms with E-state index in [1.165, 1.54) is 10.4 Å². The first kappa shape index (κ1) is 16.4. The van der Waals surface area contributed by atoms with Crippen LogP contribution in [0, 0.1) is 5.82 Å². The fourth-order valence-electron chi connectivity index (χ4n) is 3.15. The highest BCUT2D eigenvalue weighted by molar-refractivity contribution is 7.89. The van der Waals surface area contributed by atoms with Crippen LogP contribution in [0.2, 0.25) is 5.02 Å². The lowest BCUT2D eigenvalue weighted by Gasteiger charge is -2.23. The van der Waals surface area contributed by atoms with Gasteiger partial charge in [-0.15, -0.1) is 10.2 Å². The molecule has 130 valence electrons. The highest BCUT2D eigenvalue weighted by Crippen LogP contribution is 2.36. The van der Waals surface area contributed by atoms with Gasteiger partial charge in [0.1, 0.15) is 5.82 Å². The lowest BCUT2D eigenvalue weighted by molar-refractivity contribution is 0.381. The molecule has 25 heavy (non-hydrogen) atoms. The molecule has 4 rings (SSSR count). The molecule has 0 amide bonds.